The topological polar surface area (TPSA) is 175 Å². The van der Waals surface area contributed by atoms with Crippen LogP contribution >= 0.6 is 0 Å². The summed E-state index contributed by atoms with van der Waals surface area (Å²) >= 11 is 0. The number of likely N-dealkylation sites (N-methyl/N-ethyl adjacent to an activating group) is 2. The second-order valence-corrected chi connectivity index (χ2v) is 18.1. The molecule has 1 aromatic carbocycles. The summed E-state index contributed by atoms with van der Waals surface area (Å²) in [5.74, 6) is -2.79. The van der Waals surface area contributed by atoms with Gasteiger partial charge in [-0.2, -0.15) is 0 Å². The summed E-state index contributed by atoms with van der Waals surface area (Å²) < 4.78 is 11.3. The van der Waals surface area contributed by atoms with Gasteiger partial charge in [-0.05, 0) is 71.8 Å². The van der Waals surface area contributed by atoms with E-state index in [1.54, 1.807) is 61.6 Å². The van der Waals surface area contributed by atoms with Gasteiger partial charge in [-0.3, -0.25) is 24.1 Å². The third-order valence-corrected chi connectivity index (χ3v) is 8.98. The molecule has 1 rings (SSSR count). The lowest BCUT2D eigenvalue weighted by molar-refractivity contribution is -0.182. The van der Waals surface area contributed by atoms with Gasteiger partial charge in [-0.25, -0.2) is 4.79 Å². The Balaban J connectivity index is 3.55. The van der Waals surface area contributed by atoms with Gasteiger partial charge in [0.2, 0.25) is 17.7 Å². The zero-order valence-corrected chi connectivity index (χ0v) is 35.5. The van der Waals surface area contributed by atoms with Crippen LogP contribution in [0, 0.1) is 11.3 Å². The number of aliphatic hydroxyl groups excluding tert-OH is 1. The number of aliphatic carboxylic acids is 1. The van der Waals surface area contributed by atoms with Crippen LogP contribution in [0.2, 0.25) is 0 Å². The van der Waals surface area contributed by atoms with E-state index in [0.717, 1.165) is 5.56 Å². The number of aliphatic hydroxyl groups is 1. The van der Waals surface area contributed by atoms with Crippen LogP contribution in [0.15, 0.2) is 42.0 Å². The Labute approximate surface area is 323 Å². The van der Waals surface area contributed by atoms with Gasteiger partial charge in [0.1, 0.15) is 17.7 Å². The average Bonchev–Trinajstić information content (AvgIpc) is 3.01. The summed E-state index contributed by atoms with van der Waals surface area (Å²) in [7, 11) is 3.12. The fraction of sp³-hybridized carbons (Fsp3) is 0.683. The maximum absolute atomic E-state index is 14.5. The van der Waals surface area contributed by atoms with Crippen LogP contribution < -0.4 is 10.6 Å². The first kappa shape index (κ1) is 48.0. The Bertz CT molecular complexity index is 1470. The van der Waals surface area contributed by atoms with E-state index in [1.165, 1.54) is 16.8 Å². The third-order valence-electron chi connectivity index (χ3n) is 8.98. The molecule has 306 valence electrons. The van der Waals surface area contributed by atoms with E-state index in [-0.39, 0.29) is 24.3 Å². The van der Waals surface area contributed by atoms with E-state index in [4.69, 9.17) is 9.47 Å². The number of carbonyl (C=O) groups excluding carboxylic acids is 4. The molecule has 1 unspecified atom stereocenters. The summed E-state index contributed by atoms with van der Waals surface area (Å²) in [5, 5.41) is 25.7. The molecule has 0 aromatic heterocycles. The highest BCUT2D eigenvalue weighted by Gasteiger charge is 2.46. The lowest BCUT2D eigenvalue weighted by atomic mass is 9.76. The minimum absolute atomic E-state index is 0.0737. The van der Waals surface area contributed by atoms with Crippen molar-refractivity contribution >= 4 is 29.8 Å². The fourth-order valence-electron chi connectivity index (χ4n) is 6.05. The molecular formula is C41H68N4O9. The number of hydrogen-bond acceptors (Lipinski definition) is 8. The van der Waals surface area contributed by atoms with Gasteiger partial charge >= 0.3 is 12.1 Å². The third kappa shape index (κ3) is 14.7. The molecule has 1 aromatic rings. The monoisotopic (exact) mass is 760 g/mol. The molecule has 0 bridgehead atoms. The van der Waals surface area contributed by atoms with Gasteiger partial charge in [0.25, 0.3) is 0 Å². The molecule has 0 fully saturated rings. The molecule has 0 saturated heterocycles. The smallest absolute Gasteiger partial charge is 0.410 e. The summed E-state index contributed by atoms with van der Waals surface area (Å²) in [6.07, 6.45) is -0.893. The van der Waals surface area contributed by atoms with Crippen molar-refractivity contribution in [2.45, 2.75) is 157 Å². The first-order chi connectivity index (χ1) is 24.4. The molecular weight excluding hydrogens is 692 g/mol. The highest BCUT2D eigenvalue weighted by atomic mass is 16.6. The number of amides is 4. The Morgan fingerprint density at radius 3 is 1.81 bits per heavy atom. The quantitative estimate of drug-likeness (QED) is 0.123. The lowest BCUT2D eigenvalue weighted by Gasteiger charge is -2.42. The lowest BCUT2D eigenvalue weighted by Crippen LogP contribution is -2.63. The SMILES string of the molecule is C/C(=C\[C@H](C(C)C)N(C)C(=O)[C@@H](NC(=O)[C@@H](N(C)C(=O)OC(C)(C)C)C(C)(C)c1ccccc1)C(C)(C)C)C(=O)N[C@H](CCC(=O)O)C(O)OC(C)(C)C. The zero-order valence-electron chi connectivity index (χ0n) is 35.5. The summed E-state index contributed by atoms with van der Waals surface area (Å²) in [6, 6.07) is 5.58. The minimum atomic E-state index is -1.47. The first-order valence-corrected chi connectivity index (χ1v) is 18.6. The Hall–Kier alpha value is -3.97. The second-order valence-electron chi connectivity index (χ2n) is 18.1. The number of nitrogens with zero attached hydrogens (tertiary/aromatic N) is 2. The summed E-state index contributed by atoms with van der Waals surface area (Å²) in [4.78, 5) is 69.9. The van der Waals surface area contributed by atoms with Crippen molar-refractivity contribution in [3.63, 3.8) is 0 Å². The van der Waals surface area contributed by atoms with Crippen molar-refractivity contribution in [2.75, 3.05) is 14.1 Å². The number of carboxylic acids is 1. The van der Waals surface area contributed by atoms with E-state index < -0.39 is 82.3 Å². The van der Waals surface area contributed by atoms with Crippen molar-refractivity contribution < 1.29 is 43.7 Å². The highest BCUT2D eigenvalue weighted by Crippen LogP contribution is 2.32. The Morgan fingerprint density at radius 1 is 0.833 bits per heavy atom. The molecule has 13 heteroatoms. The van der Waals surface area contributed by atoms with Gasteiger partial charge in [-0.1, -0.05) is 84.9 Å². The van der Waals surface area contributed by atoms with Crippen molar-refractivity contribution in [3.8, 4) is 0 Å². The van der Waals surface area contributed by atoms with Crippen molar-refractivity contribution in [1.29, 1.82) is 0 Å². The van der Waals surface area contributed by atoms with Crippen LogP contribution in [0.25, 0.3) is 0 Å². The van der Waals surface area contributed by atoms with Crippen molar-refractivity contribution in [1.82, 2.24) is 20.4 Å². The minimum Gasteiger partial charge on any atom is -0.481 e. The second kappa shape index (κ2) is 19.1. The van der Waals surface area contributed by atoms with Crippen LogP contribution in [0.1, 0.15) is 115 Å². The predicted octanol–water partition coefficient (Wildman–Crippen LogP) is 5.64. The largest absolute Gasteiger partial charge is 0.481 e. The van der Waals surface area contributed by atoms with E-state index in [0.29, 0.717) is 0 Å². The first-order valence-electron chi connectivity index (χ1n) is 18.6. The number of carboxylic acid groups (broad SMARTS) is 1. The number of rotatable bonds is 16. The molecule has 4 N–H and O–H groups in total. The standard InChI is InChI=1S/C41H68N4O9/c1-25(2)29(24-26(3)33(48)42-28(22-23-30(46)47)36(51)53-39(7,8)9)44(15)35(50)31(38(4,5)6)43-34(49)32(45(16)37(52)54-40(10,11)12)41(13,14)27-20-18-17-19-21-27/h17-21,24-25,28-29,31-32,36,51H,22-23H2,1-16H3,(H,42,48)(H,43,49)(H,46,47)/b26-24+/t28-,29-,31-,32-,36?/m1/s1. The van der Waals surface area contributed by atoms with Gasteiger partial charge in [-0.15, -0.1) is 0 Å². The zero-order chi connectivity index (χ0) is 42.1. The van der Waals surface area contributed by atoms with Gasteiger partial charge in [0.05, 0.1) is 17.7 Å². The predicted molar refractivity (Wildman–Crippen MR) is 209 cm³/mol. The fourth-order valence-corrected chi connectivity index (χ4v) is 6.05. The number of nitrogens with one attached hydrogen (secondary N) is 2. The van der Waals surface area contributed by atoms with E-state index in [1.807, 2.05) is 78.8 Å². The van der Waals surface area contributed by atoms with Crippen LogP contribution in [0.3, 0.4) is 0 Å². The Morgan fingerprint density at radius 2 is 1.37 bits per heavy atom. The molecule has 0 aliphatic carbocycles. The number of benzene rings is 1. The van der Waals surface area contributed by atoms with E-state index >= 15 is 0 Å². The summed E-state index contributed by atoms with van der Waals surface area (Å²) in [6.45, 7) is 25.0. The van der Waals surface area contributed by atoms with E-state index in [9.17, 15) is 34.2 Å². The molecule has 13 nitrogen and oxygen atoms in total. The van der Waals surface area contributed by atoms with Gasteiger partial charge in [0, 0.05) is 31.5 Å². The van der Waals surface area contributed by atoms with Gasteiger partial charge < -0.3 is 35.2 Å². The maximum Gasteiger partial charge on any atom is 0.410 e. The van der Waals surface area contributed by atoms with Crippen LogP contribution in [0.5, 0.6) is 0 Å². The van der Waals surface area contributed by atoms with Crippen molar-refractivity contribution in [3.05, 3.63) is 47.5 Å². The average molecular weight is 761 g/mol. The number of ether oxygens (including phenoxy) is 2. The molecule has 0 aliphatic heterocycles. The summed E-state index contributed by atoms with van der Waals surface area (Å²) in [5.41, 5.74) is -2.25. The van der Waals surface area contributed by atoms with Crippen LogP contribution in [0.4, 0.5) is 4.79 Å². The number of hydrogen-bond donors (Lipinski definition) is 4. The van der Waals surface area contributed by atoms with Crippen LogP contribution in [-0.4, -0.2) is 106 Å². The molecule has 0 heterocycles. The van der Waals surface area contributed by atoms with E-state index in [2.05, 4.69) is 10.6 Å². The van der Waals surface area contributed by atoms with Crippen LogP contribution in [-0.2, 0) is 34.1 Å². The molecule has 5 atom stereocenters. The normalized spacial score (nSPS) is 15.7. The number of carbonyl (C=O) groups is 5. The Kier molecular flexibility index (Phi) is 17.0. The molecule has 0 saturated carbocycles. The van der Waals surface area contributed by atoms with Crippen molar-refractivity contribution in [2.24, 2.45) is 11.3 Å². The van der Waals surface area contributed by atoms with Gasteiger partial charge in [0.15, 0.2) is 6.29 Å². The molecule has 0 spiro atoms. The molecule has 0 aliphatic rings. The highest BCUT2D eigenvalue weighted by molar-refractivity contribution is 5.94. The molecule has 0 radical (unpaired) electrons. The molecule has 4 amide bonds. The maximum atomic E-state index is 14.5. The molecule has 54 heavy (non-hydrogen) atoms.